The maximum atomic E-state index is 12.7. The second kappa shape index (κ2) is 10.8. The lowest BCUT2D eigenvalue weighted by Gasteiger charge is -2.43. The number of carbonyl (C=O) groups is 1. The molecule has 0 radical (unpaired) electrons. The Balaban J connectivity index is 1.38. The summed E-state index contributed by atoms with van der Waals surface area (Å²) in [6.45, 7) is 10.7. The largest absolute Gasteiger partial charge is 0.508 e. The zero-order valence-electron chi connectivity index (χ0n) is 22.3. The molecule has 1 aliphatic carbocycles. The molecule has 0 unspecified atom stereocenters. The number of aliphatic hydroxyl groups is 2. The molecule has 5 atom stereocenters. The molecule has 4 rings (SSSR count). The Morgan fingerprint density at radius 3 is 2.05 bits per heavy atom. The van der Waals surface area contributed by atoms with Gasteiger partial charge in [0.1, 0.15) is 24.9 Å². The number of ether oxygens (including phenoxy) is 4. The zero-order valence-corrected chi connectivity index (χ0v) is 23.3. The molecule has 1 saturated heterocycles. The van der Waals surface area contributed by atoms with Crippen molar-refractivity contribution in [3.05, 3.63) is 59.7 Å². The van der Waals surface area contributed by atoms with Crippen molar-refractivity contribution in [1.29, 1.82) is 0 Å². The van der Waals surface area contributed by atoms with Gasteiger partial charge in [-0.15, -0.1) is 0 Å². The first kappa shape index (κ1) is 27.8. The van der Waals surface area contributed by atoms with Gasteiger partial charge < -0.3 is 33.6 Å². The van der Waals surface area contributed by atoms with E-state index in [0.29, 0.717) is 0 Å². The van der Waals surface area contributed by atoms with Crippen LogP contribution in [0.1, 0.15) is 37.8 Å². The highest BCUT2D eigenvalue weighted by atomic mass is 28.4. The van der Waals surface area contributed by atoms with Crippen LogP contribution in [0.15, 0.2) is 48.5 Å². The highest BCUT2D eigenvalue weighted by molar-refractivity contribution is 6.74. The van der Waals surface area contributed by atoms with Gasteiger partial charge in [-0.2, -0.15) is 0 Å². The Bertz CT molecular complexity index is 1050. The number of methoxy groups -OCH3 is 1. The number of rotatable bonds is 7. The predicted octanol–water partition coefficient (Wildman–Crippen LogP) is 4.44. The van der Waals surface area contributed by atoms with Crippen molar-refractivity contribution in [3.63, 3.8) is 0 Å². The summed E-state index contributed by atoms with van der Waals surface area (Å²) in [6.07, 6.45) is -6.93. The molecule has 0 amide bonds. The van der Waals surface area contributed by atoms with Gasteiger partial charge >= 0.3 is 6.16 Å². The maximum Gasteiger partial charge on any atom is 0.508 e. The molecule has 1 heterocycles. The van der Waals surface area contributed by atoms with Crippen molar-refractivity contribution in [2.75, 3.05) is 20.3 Å². The van der Waals surface area contributed by atoms with Gasteiger partial charge in [-0.1, -0.05) is 69.3 Å². The SMILES string of the molecule is CO[C@H]1O[C@H](CO[Si](C)(C)C(C)(C)C)[C@@H](O)[C@H](O)[C@H]1OC(=O)OCC1c2ccccc2-c2ccccc21. The lowest BCUT2D eigenvalue weighted by molar-refractivity contribution is -0.295. The third kappa shape index (κ3) is 5.62. The molecule has 2 N–H and O–H groups in total. The van der Waals surface area contributed by atoms with E-state index in [1.54, 1.807) is 0 Å². The predicted molar refractivity (Wildman–Crippen MR) is 141 cm³/mol. The number of benzene rings is 2. The van der Waals surface area contributed by atoms with E-state index in [2.05, 4.69) is 46.0 Å². The van der Waals surface area contributed by atoms with Crippen LogP contribution in [0.2, 0.25) is 18.1 Å². The summed E-state index contributed by atoms with van der Waals surface area (Å²) in [7, 11) is -0.725. The molecule has 9 heteroatoms. The van der Waals surface area contributed by atoms with E-state index in [-0.39, 0.29) is 24.2 Å². The average Bonchev–Trinajstić information content (AvgIpc) is 3.18. The van der Waals surface area contributed by atoms with Gasteiger partial charge in [0, 0.05) is 13.0 Å². The monoisotopic (exact) mass is 530 g/mol. The molecule has 2 aromatic carbocycles. The van der Waals surface area contributed by atoms with Gasteiger partial charge in [0.15, 0.2) is 20.7 Å². The van der Waals surface area contributed by atoms with Crippen LogP contribution in [0.25, 0.3) is 11.1 Å². The topological polar surface area (TPSA) is 104 Å². The lowest BCUT2D eigenvalue weighted by atomic mass is 9.98. The summed E-state index contributed by atoms with van der Waals surface area (Å²) < 4.78 is 28.3. The summed E-state index contributed by atoms with van der Waals surface area (Å²) in [6, 6.07) is 16.0. The second-order valence-corrected chi connectivity index (χ2v) is 16.0. The number of hydrogen-bond donors (Lipinski definition) is 2. The Labute approximate surface area is 219 Å². The van der Waals surface area contributed by atoms with Crippen molar-refractivity contribution in [3.8, 4) is 11.1 Å². The Morgan fingerprint density at radius 2 is 1.51 bits per heavy atom. The van der Waals surface area contributed by atoms with Crippen LogP contribution in [0, 0.1) is 0 Å². The summed E-state index contributed by atoms with van der Waals surface area (Å²) in [5.74, 6) is -0.131. The minimum Gasteiger partial charge on any atom is -0.433 e. The van der Waals surface area contributed by atoms with Gasteiger partial charge in [0.2, 0.25) is 0 Å². The van der Waals surface area contributed by atoms with Crippen molar-refractivity contribution in [1.82, 2.24) is 0 Å². The summed E-state index contributed by atoms with van der Waals surface area (Å²) in [5.41, 5.74) is 4.38. The first-order valence-corrected chi connectivity index (χ1v) is 15.6. The standard InChI is InChI=1S/C28H38O8Si/c1-28(2,3)37(5,6)34-16-22-23(29)24(30)25(26(32-4)35-22)36-27(31)33-15-21-19-13-9-7-11-17(19)18-12-8-10-14-20(18)21/h7-14,21-26,29-30H,15-16H2,1-6H3/t22-,23-,24+,25-,26+/m1/s1. The van der Waals surface area contributed by atoms with E-state index in [9.17, 15) is 15.0 Å². The number of hydrogen-bond acceptors (Lipinski definition) is 8. The van der Waals surface area contributed by atoms with Crippen LogP contribution in [0.3, 0.4) is 0 Å². The summed E-state index contributed by atoms with van der Waals surface area (Å²) >= 11 is 0. The molecule has 202 valence electrons. The minimum absolute atomic E-state index is 0.0261. The van der Waals surface area contributed by atoms with Gasteiger partial charge in [-0.25, -0.2) is 4.79 Å². The van der Waals surface area contributed by atoms with E-state index in [1.807, 2.05) is 36.4 Å². The Morgan fingerprint density at radius 1 is 0.946 bits per heavy atom. The van der Waals surface area contributed by atoms with Crippen LogP contribution in [0.5, 0.6) is 0 Å². The van der Waals surface area contributed by atoms with E-state index < -0.39 is 45.2 Å². The first-order chi connectivity index (χ1) is 17.4. The molecule has 0 bridgehead atoms. The fourth-order valence-corrected chi connectivity index (χ4v) is 5.62. The second-order valence-electron chi connectivity index (χ2n) is 11.2. The van der Waals surface area contributed by atoms with Crippen molar-refractivity contribution in [2.45, 2.75) is 75.5 Å². The van der Waals surface area contributed by atoms with E-state index in [0.717, 1.165) is 22.3 Å². The van der Waals surface area contributed by atoms with Crippen molar-refractivity contribution >= 4 is 14.5 Å². The minimum atomic E-state index is -2.11. The molecule has 8 nitrogen and oxygen atoms in total. The molecule has 1 fully saturated rings. The molecule has 2 aliphatic rings. The smallest absolute Gasteiger partial charge is 0.433 e. The fourth-order valence-electron chi connectivity index (χ4n) is 4.60. The highest BCUT2D eigenvalue weighted by Crippen LogP contribution is 2.44. The molecule has 0 aromatic heterocycles. The molecule has 37 heavy (non-hydrogen) atoms. The number of fused-ring (bicyclic) bond motifs is 3. The third-order valence-corrected chi connectivity index (χ3v) is 12.4. The van der Waals surface area contributed by atoms with Gasteiger partial charge in [-0.3, -0.25) is 0 Å². The molecule has 0 saturated carbocycles. The lowest BCUT2D eigenvalue weighted by Crippen LogP contribution is -2.61. The molecule has 2 aromatic rings. The van der Waals surface area contributed by atoms with Crippen LogP contribution in [0.4, 0.5) is 4.79 Å². The normalized spacial score (nSPS) is 25.9. The zero-order chi connectivity index (χ0) is 27.0. The summed E-state index contributed by atoms with van der Waals surface area (Å²) in [4.78, 5) is 12.7. The van der Waals surface area contributed by atoms with Gasteiger partial charge in [0.25, 0.3) is 0 Å². The summed E-state index contributed by atoms with van der Waals surface area (Å²) in [5, 5.41) is 21.5. The van der Waals surface area contributed by atoms with Crippen LogP contribution in [-0.4, -0.2) is 75.7 Å². The van der Waals surface area contributed by atoms with Crippen molar-refractivity contribution in [2.24, 2.45) is 0 Å². The Kier molecular flexibility index (Phi) is 8.13. The van der Waals surface area contributed by atoms with Crippen LogP contribution in [-0.2, 0) is 23.4 Å². The quantitative estimate of drug-likeness (QED) is 0.400. The third-order valence-electron chi connectivity index (χ3n) is 7.85. The van der Waals surface area contributed by atoms with Crippen molar-refractivity contribution < 1.29 is 38.4 Å². The number of carbonyl (C=O) groups excluding carboxylic acids is 1. The van der Waals surface area contributed by atoms with Crippen LogP contribution < -0.4 is 0 Å². The average molecular weight is 531 g/mol. The number of aliphatic hydroxyl groups excluding tert-OH is 2. The molecular weight excluding hydrogens is 492 g/mol. The molecular formula is C28H38O8Si. The van der Waals surface area contributed by atoms with Crippen LogP contribution >= 0.6 is 0 Å². The van der Waals surface area contributed by atoms with E-state index in [1.165, 1.54) is 7.11 Å². The highest BCUT2D eigenvalue weighted by Gasteiger charge is 2.48. The first-order valence-electron chi connectivity index (χ1n) is 12.6. The van der Waals surface area contributed by atoms with Gasteiger partial charge in [-0.05, 0) is 40.4 Å². The van der Waals surface area contributed by atoms with E-state index in [4.69, 9.17) is 23.4 Å². The van der Waals surface area contributed by atoms with E-state index >= 15 is 0 Å². The Hall–Kier alpha value is -2.27. The maximum absolute atomic E-state index is 12.7. The molecule has 1 aliphatic heterocycles. The fraction of sp³-hybridized carbons (Fsp3) is 0.536. The van der Waals surface area contributed by atoms with Gasteiger partial charge in [0.05, 0.1) is 6.61 Å². The molecule has 0 spiro atoms.